The summed E-state index contributed by atoms with van der Waals surface area (Å²) in [6, 6.07) is -0.0392. The van der Waals surface area contributed by atoms with Crippen molar-refractivity contribution in [3.8, 4) is 0 Å². The molecule has 0 bridgehead atoms. The van der Waals surface area contributed by atoms with Gasteiger partial charge in [-0.3, -0.25) is 4.79 Å². The molecular formula is C9H16N4O2S. The number of rotatable bonds is 5. The Labute approximate surface area is 98.2 Å². The van der Waals surface area contributed by atoms with Crippen LogP contribution in [0, 0.1) is 5.92 Å². The van der Waals surface area contributed by atoms with E-state index in [1.165, 1.54) is 0 Å². The number of carbonyl (C=O) groups excluding carboxylic acids is 1. The van der Waals surface area contributed by atoms with E-state index in [0.29, 0.717) is 6.61 Å². The number of aromatic nitrogens is 2. The fourth-order valence-electron chi connectivity index (χ4n) is 1.14. The highest BCUT2D eigenvalue weighted by molar-refractivity contribution is 7.16. The molecule has 0 saturated heterocycles. The minimum absolute atomic E-state index is 0.0392. The zero-order valence-electron chi connectivity index (χ0n) is 9.56. The summed E-state index contributed by atoms with van der Waals surface area (Å²) >= 11 is 1.07. The van der Waals surface area contributed by atoms with Crippen molar-refractivity contribution in [3.05, 3.63) is 5.01 Å². The normalized spacial score (nSPS) is 12.8. The number of nitrogens with one attached hydrogen (secondary N) is 1. The molecule has 3 N–H and O–H groups in total. The summed E-state index contributed by atoms with van der Waals surface area (Å²) in [6.07, 6.45) is 0. The molecule has 0 aliphatic rings. The van der Waals surface area contributed by atoms with Gasteiger partial charge in [0, 0.05) is 7.11 Å². The molecule has 7 heteroatoms. The molecule has 90 valence electrons. The molecule has 0 spiro atoms. The van der Waals surface area contributed by atoms with Crippen LogP contribution in [0.4, 0.5) is 5.13 Å². The molecule has 1 rings (SSSR count). The van der Waals surface area contributed by atoms with Crippen LogP contribution in [0.2, 0.25) is 0 Å². The predicted octanol–water partition coefficient (Wildman–Crippen LogP) is 0.521. The molecule has 6 nitrogen and oxygen atoms in total. The largest absolute Gasteiger partial charge is 0.383 e. The number of ether oxygens (including phenoxy) is 1. The molecule has 0 aliphatic carbocycles. The molecule has 1 unspecified atom stereocenters. The Bertz CT molecular complexity index is 353. The fourth-order valence-corrected chi connectivity index (χ4v) is 1.65. The molecular weight excluding hydrogens is 228 g/mol. The molecule has 0 radical (unpaired) electrons. The molecule has 1 amide bonds. The topological polar surface area (TPSA) is 90.1 Å². The van der Waals surface area contributed by atoms with Crippen molar-refractivity contribution < 1.29 is 9.53 Å². The van der Waals surface area contributed by atoms with E-state index >= 15 is 0 Å². The van der Waals surface area contributed by atoms with Gasteiger partial charge in [-0.05, 0) is 5.92 Å². The lowest BCUT2D eigenvalue weighted by Gasteiger charge is -2.20. The van der Waals surface area contributed by atoms with E-state index in [1.807, 2.05) is 13.8 Å². The van der Waals surface area contributed by atoms with Gasteiger partial charge in [-0.2, -0.15) is 0 Å². The van der Waals surface area contributed by atoms with E-state index in [1.54, 1.807) is 7.11 Å². The highest BCUT2D eigenvalue weighted by atomic mass is 32.1. The summed E-state index contributed by atoms with van der Waals surface area (Å²) < 4.78 is 5.04. The Balaban J connectivity index is 2.61. The van der Waals surface area contributed by atoms with Crippen LogP contribution < -0.4 is 11.1 Å². The standard InChI is InChI=1S/C9H16N4O2S/c1-5(2)6(4-15-3)11-7(14)8-12-13-9(10)16-8/h5-6H,4H2,1-3H3,(H2,10,13)(H,11,14). The second-order valence-corrected chi connectivity index (χ2v) is 4.73. The monoisotopic (exact) mass is 244 g/mol. The smallest absolute Gasteiger partial charge is 0.282 e. The molecule has 1 heterocycles. The third-order valence-corrected chi connectivity index (χ3v) is 2.85. The number of anilines is 1. The van der Waals surface area contributed by atoms with Crippen molar-refractivity contribution in [2.24, 2.45) is 5.92 Å². The van der Waals surface area contributed by atoms with Gasteiger partial charge in [0.1, 0.15) is 0 Å². The van der Waals surface area contributed by atoms with Crippen molar-refractivity contribution in [1.82, 2.24) is 15.5 Å². The van der Waals surface area contributed by atoms with Crippen LogP contribution >= 0.6 is 11.3 Å². The lowest BCUT2D eigenvalue weighted by atomic mass is 10.1. The first kappa shape index (κ1) is 12.9. The minimum atomic E-state index is -0.259. The summed E-state index contributed by atoms with van der Waals surface area (Å²) in [6.45, 7) is 4.49. The first-order valence-electron chi connectivity index (χ1n) is 4.93. The zero-order valence-corrected chi connectivity index (χ0v) is 10.4. The molecule has 0 saturated carbocycles. The van der Waals surface area contributed by atoms with Gasteiger partial charge in [-0.25, -0.2) is 0 Å². The summed E-state index contributed by atoms with van der Waals surface area (Å²) in [7, 11) is 1.60. The number of nitrogens with zero attached hydrogens (tertiary/aromatic N) is 2. The Morgan fingerprint density at radius 1 is 1.56 bits per heavy atom. The maximum atomic E-state index is 11.7. The summed E-state index contributed by atoms with van der Waals surface area (Å²) in [4.78, 5) is 11.7. The average molecular weight is 244 g/mol. The zero-order chi connectivity index (χ0) is 12.1. The first-order chi connectivity index (χ1) is 7.54. The molecule has 16 heavy (non-hydrogen) atoms. The average Bonchev–Trinajstić information content (AvgIpc) is 2.64. The minimum Gasteiger partial charge on any atom is -0.383 e. The van der Waals surface area contributed by atoms with E-state index in [2.05, 4.69) is 15.5 Å². The van der Waals surface area contributed by atoms with Crippen molar-refractivity contribution in [2.75, 3.05) is 19.5 Å². The maximum Gasteiger partial charge on any atom is 0.282 e. The van der Waals surface area contributed by atoms with Crippen LogP contribution in [0.15, 0.2) is 0 Å². The molecule has 0 aliphatic heterocycles. The van der Waals surface area contributed by atoms with Gasteiger partial charge < -0.3 is 15.8 Å². The second kappa shape index (κ2) is 5.76. The Morgan fingerprint density at radius 3 is 2.69 bits per heavy atom. The van der Waals surface area contributed by atoms with Gasteiger partial charge in [-0.15, -0.1) is 10.2 Å². The number of methoxy groups -OCH3 is 1. The lowest BCUT2D eigenvalue weighted by molar-refractivity contribution is 0.0865. The van der Waals surface area contributed by atoms with E-state index < -0.39 is 0 Å². The van der Waals surface area contributed by atoms with Crippen LogP contribution in [0.5, 0.6) is 0 Å². The number of amides is 1. The SMILES string of the molecule is COCC(NC(=O)c1nnc(N)s1)C(C)C. The van der Waals surface area contributed by atoms with Crippen molar-refractivity contribution in [2.45, 2.75) is 19.9 Å². The van der Waals surface area contributed by atoms with Gasteiger partial charge in [0.2, 0.25) is 10.1 Å². The molecule has 0 fully saturated rings. The van der Waals surface area contributed by atoms with Crippen LogP contribution in [-0.2, 0) is 4.74 Å². The molecule has 1 atom stereocenters. The van der Waals surface area contributed by atoms with Gasteiger partial charge in [-0.1, -0.05) is 25.2 Å². The van der Waals surface area contributed by atoms with Gasteiger partial charge >= 0.3 is 0 Å². The molecule has 1 aromatic rings. The maximum absolute atomic E-state index is 11.7. The van der Waals surface area contributed by atoms with Crippen molar-refractivity contribution in [1.29, 1.82) is 0 Å². The van der Waals surface area contributed by atoms with Crippen LogP contribution in [-0.4, -0.2) is 35.9 Å². The summed E-state index contributed by atoms with van der Waals surface area (Å²) in [5.74, 6) is 0.0270. The lowest BCUT2D eigenvalue weighted by Crippen LogP contribution is -2.41. The first-order valence-corrected chi connectivity index (χ1v) is 5.75. The van der Waals surface area contributed by atoms with Gasteiger partial charge in [0.15, 0.2) is 0 Å². The number of hydrogen-bond acceptors (Lipinski definition) is 6. The summed E-state index contributed by atoms with van der Waals surface area (Å²) in [5.41, 5.74) is 5.41. The number of nitrogen functional groups attached to an aromatic ring is 1. The Hall–Kier alpha value is -1.21. The quantitative estimate of drug-likeness (QED) is 0.788. The third kappa shape index (κ3) is 3.42. The Kier molecular flexibility index (Phi) is 4.63. The highest BCUT2D eigenvalue weighted by Gasteiger charge is 2.19. The Morgan fingerprint density at radius 2 is 2.25 bits per heavy atom. The number of hydrogen-bond donors (Lipinski definition) is 2. The predicted molar refractivity (Wildman–Crippen MR) is 62.3 cm³/mol. The highest BCUT2D eigenvalue weighted by Crippen LogP contribution is 2.11. The van der Waals surface area contributed by atoms with Gasteiger partial charge in [0.05, 0.1) is 12.6 Å². The van der Waals surface area contributed by atoms with Crippen LogP contribution in [0.1, 0.15) is 23.6 Å². The second-order valence-electron chi connectivity index (χ2n) is 3.72. The van der Waals surface area contributed by atoms with E-state index in [4.69, 9.17) is 10.5 Å². The summed E-state index contributed by atoms with van der Waals surface area (Å²) in [5, 5.41) is 10.7. The van der Waals surface area contributed by atoms with E-state index in [-0.39, 0.29) is 28.0 Å². The van der Waals surface area contributed by atoms with E-state index in [0.717, 1.165) is 11.3 Å². The van der Waals surface area contributed by atoms with Crippen molar-refractivity contribution in [3.63, 3.8) is 0 Å². The molecule has 0 aromatic carbocycles. The van der Waals surface area contributed by atoms with Crippen LogP contribution in [0.3, 0.4) is 0 Å². The molecule has 1 aromatic heterocycles. The van der Waals surface area contributed by atoms with Gasteiger partial charge in [0.25, 0.3) is 5.91 Å². The van der Waals surface area contributed by atoms with E-state index in [9.17, 15) is 4.79 Å². The third-order valence-electron chi connectivity index (χ3n) is 2.10. The van der Waals surface area contributed by atoms with Crippen molar-refractivity contribution >= 4 is 22.4 Å². The van der Waals surface area contributed by atoms with Crippen LogP contribution in [0.25, 0.3) is 0 Å². The number of nitrogens with two attached hydrogens (primary N) is 1. The fraction of sp³-hybridized carbons (Fsp3) is 0.667. The number of carbonyl (C=O) groups is 1.